The molecule has 0 heterocycles. The Morgan fingerprint density at radius 1 is 0.814 bits per heavy atom. The summed E-state index contributed by atoms with van der Waals surface area (Å²) in [6, 6.07) is 30.8. The highest BCUT2D eigenvalue weighted by Crippen LogP contribution is 2.27. The fourth-order valence-electron chi connectivity index (χ4n) is 4.73. The predicted molar refractivity (Wildman–Crippen MR) is 168 cm³/mol. The number of sulfonamides is 1. The summed E-state index contributed by atoms with van der Waals surface area (Å²) in [6.45, 7) is 3.79. The molecule has 1 atom stereocenters. The Bertz CT molecular complexity index is 1590. The molecule has 8 nitrogen and oxygen atoms in total. The van der Waals surface area contributed by atoms with Gasteiger partial charge < -0.3 is 15.0 Å². The number of benzene rings is 4. The van der Waals surface area contributed by atoms with Crippen molar-refractivity contribution in [2.45, 2.75) is 37.8 Å². The molecular weight excluding hydrogens is 562 g/mol. The minimum absolute atomic E-state index is 0.0493. The lowest BCUT2D eigenvalue weighted by atomic mass is 10.0. The highest BCUT2D eigenvalue weighted by molar-refractivity contribution is 7.92. The third kappa shape index (κ3) is 8.02. The van der Waals surface area contributed by atoms with Crippen molar-refractivity contribution in [2.24, 2.45) is 0 Å². The minimum Gasteiger partial charge on any atom is -0.497 e. The lowest BCUT2D eigenvalue weighted by Gasteiger charge is -2.34. The van der Waals surface area contributed by atoms with Crippen molar-refractivity contribution in [2.75, 3.05) is 24.5 Å². The van der Waals surface area contributed by atoms with Crippen molar-refractivity contribution in [3.05, 3.63) is 126 Å². The second kappa shape index (κ2) is 14.5. The maximum atomic E-state index is 14.4. The maximum Gasteiger partial charge on any atom is 0.264 e. The Balaban J connectivity index is 1.78. The van der Waals surface area contributed by atoms with Gasteiger partial charge in [-0.3, -0.25) is 13.9 Å². The van der Waals surface area contributed by atoms with E-state index < -0.39 is 28.5 Å². The van der Waals surface area contributed by atoms with Gasteiger partial charge >= 0.3 is 0 Å². The van der Waals surface area contributed by atoms with Crippen LogP contribution in [0.15, 0.2) is 114 Å². The number of hydrogen-bond acceptors (Lipinski definition) is 5. The van der Waals surface area contributed by atoms with Crippen LogP contribution >= 0.6 is 0 Å². The number of nitrogens with one attached hydrogen (secondary N) is 1. The fraction of sp³-hybridized carbons (Fsp3) is 0.235. The number of rotatable bonds is 13. The summed E-state index contributed by atoms with van der Waals surface area (Å²) in [7, 11) is -2.63. The zero-order chi connectivity index (χ0) is 30.8. The highest BCUT2D eigenvalue weighted by Gasteiger charge is 2.34. The molecule has 0 radical (unpaired) electrons. The number of likely N-dealkylation sites (N-methyl/N-ethyl adjacent to an activating group) is 1. The molecule has 0 unspecified atom stereocenters. The van der Waals surface area contributed by atoms with Crippen molar-refractivity contribution < 1.29 is 22.7 Å². The van der Waals surface area contributed by atoms with Crippen molar-refractivity contribution in [1.82, 2.24) is 10.2 Å². The van der Waals surface area contributed by atoms with Crippen LogP contribution in [0.25, 0.3) is 0 Å². The molecule has 43 heavy (non-hydrogen) atoms. The maximum absolute atomic E-state index is 14.4. The monoisotopic (exact) mass is 599 g/mol. The van der Waals surface area contributed by atoms with Crippen molar-refractivity contribution in [3.8, 4) is 5.75 Å². The van der Waals surface area contributed by atoms with E-state index in [0.29, 0.717) is 18.0 Å². The predicted octanol–water partition coefficient (Wildman–Crippen LogP) is 4.98. The minimum atomic E-state index is -4.15. The third-order valence-corrected chi connectivity index (χ3v) is 8.85. The Kier molecular flexibility index (Phi) is 10.6. The number of ether oxygens (including phenoxy) is 1. The molecule has 9 heteroatoms. The van der Waals surface area contributed by atoms with E-state index in [2.05, 4.69) is 5.32 Å². The number of hydrogen-bond donors (Lipinski definition) is 1. The summed E-state index contributed by atoms with van der Waals surface area (Å²) < 4.78 is 34.3. The van der Waals surface area contributed by atoms with Gasteiger partial charge in [-0.15, -0.1) is 0 Å². The summed E-state index contributed by atoms with van der Waals surface area (Å²) in [6.07, 6.45) is 0.262. The number of anilines is 1. The van der Waals surface area contributed by atoms with E-state index in [4.69, 9.17) is 4.74 Å². The van der Waals surface area contributed by atoms with Crippen molar-refractivity contribution >= 4 is 27.5 Å². The van der Waals surface area contributed by atoms with Gasteiger partial charge in [0, 0.05) is 19.5 Å². The van der Waals surface area contributed by atoms with Gasteiger partial charge in [-0.2, -0.15) is 0 Å². The van der Waals surface area contributed by atoms with Crippen LogP contribution in [0.5, 0.6) is 5.75 Å². The largest absolute Gasteiger partial charge is 0.497 e. The molecule has 4 aromatic carbocycles. The van der Waals surface area contributed by atoms with Crippen molar-refractivity contribution in [1.29, 1.82) is 0 Å². The molecule has 0 aliphatic heterocycles. The molecule has 224 valence electrons. The molecule has 0 bridgehead atoms. The lowest BCUT2D eigenvalue weighted by molar-refractivity contribution is -0.140. The zero-order valence-electron chi connectivity index (χ0n) is 24.6. The molecule has 1 N–H and O–H groups in total. The Labute approximate surface area is 254 Å². The molecule has 0 saturated carbocycles. The Morgan fingerprint density at radius 2 is 1.42 bits per heavy atom. The molecule has 4 rings (SSSR count). The summed E-state index contributed by atoms with van der Waals surface area (Å²) in [5, 5.41) is 2.87. The first-order valence-electron chi connectivity index (χ1n) is 14.1. The third-order valence-electron chi connectivity index (χ3n) is 7.07. The van der Waals surface area contributed by atoms with Gasteiger partial charge in [0.25, 0.3) is 10.0 Å². The fourth-order valence-corrected chi connectivity index (χ4v) is 6.17. The molecular formula is C34H37N3O5S. The Morgan fingerprint density at radius 3 is 2.00 bits per heavy atom. The average Bonchev–Trinajstić information content (AvgIpc) is 3.03. The number of carbonyl (C=O) groups is 2. The normalized spacial score (nSPS) is 11.8. The van der Waals surface area contributed by atoms with Gasteiger partial charge in [-0.1, -0.05) is 78.4 Å². The first kappa shape index (κ1) is 31.3. The average molecular weight is 600 g/mol. The van der Waals surface area contributed by atoms with Crippen LogP contribution in [-0.4, -0.2) is 51.4 Å². The highest BCUT2D eigenvalue weighted by atomic mass is 32.2. The van der Waals surface area contributed by atoms with E-state index in [1.54, 1.807) is 42.5 Å². The van der Waals surface area contributed by atoms with Crippen LogP contribution < -0.4 is 14.4 Å². The van der Waals surface area contributed by atoms with Crippen LogP contribution in [0, 0.1) is 6.92 Å². The Hall–Kier alpha value is -4.63. The van der Waals surface area contributed by atoms with E-state index in [0.717, 1.165) is 21.0 Å². The topological polar surface area (TPSA) is 96.0 Å². The van der Waals surface area contributed by atoms with Crippen molar-refractivity contribution in [3.63, 3.8) is 0 Å². The first-order chi connectivity index (χ1) is 20.7. The molecule has 0 aromatic heterocycles. The molecule has 0 fully saturated rings. The number of amides is 2. The summed E-state index contributed by atoms with van der Waals surface area (Å²) >= 11 is 0. The van der Waals surface area contributed by atoms with E-state index in [1.165, 1.54) is 24.1 Å². The summed E-state index contributed by atoms with van der Waals surface area (Å²) in [5.41, 5.74) is 3.06. The standard InChI is InChI=1S/C34H37N3O5S/c1-4-35-34(39)32(23-27-11-7-5-8-12-27)36(24-28-17-15-26(2)16-18-28)33(38)25-37(29-19-21-30(42-3)22-20-29)43(40,41)31-13-9-6-10-14-31/h5-22,32H,4,23-25H2,1-3H3,(H,35,39)/t32-/m0/s1. The molecule has 0 saturated heterocycles. The lowest BCUT2D eigenvalue weighted by Crippen LogP contribution is -2.53. The number of aryl methyl sites for hydroxylation is 1. The van der Waals surface area contributed by atoms with E-state index >= 15 is 0 Å². The van der Waals surface area contributed by atoms with Gasteiger partial charge in [0.05, 0.1) is 17.7 Å². The van der Waals surface area contributed by atoms with Gasteiger partial charge in [-0.25, -0.2) is 8.42 Å². The zero-order valence-corrected chi connectivity index (χ0v) is 25.5. The molecule has 4 aromatic rings. The van der Waals surface area contributed by atoms with Crippen LogP contribution in [0.1, 0.15) is 23.6 Å². The van der Waals surface area contributed by atoms with Crippen LogP contribution in [0.2, 0.25) is 0 Å². The van der Waals surface area contributed by atoms with E-state index in [1.807, 2.05) is 68.4 Å². The smallest absolute Gasteiger partial charge is 0.264 e. The molecule has 0 aliphatic carbocycles. The molecule has 2 amide bonds. The van der Waals surface area contributed by atoms with Gasteiger partial charge in [-0.05, 0) is 61.4 Å². The number of nitrogens with zero attached hydrogens (tertiary/aromatic N) is 2. The number of carbonyl (C=O) groups excluding carboxylic acids is 2. The second-order valence-electron chi connectivity index (χ2n) is 10.1. The SMILES string of the molecule is CCNC(=O)[C@H](Cc1ccccc1)N(Cc1ccc(C)cc1)C(=O)CN(c1ccc(OC)cc1)S(=O)(=O)c1ccccc1. The summed E-state index contributed by atoms with van der Waals surface area (Å²) in [5.74, 6) is -0.274. The van der Waals surface area contributed by atoms with Gasteiger partial charge in [0.15, 0.2) is 0 Å². The van der Waals surface area contributed by atoms with Gasteiger partial charge in [0.2, 0.25) is 11.8 Å². The molecule has 0 aliphatic rings. The van der Waals surface area contributed by atoms with Crippen LogP contribution in [-0.2, 0) is 32.6 Å². The van der Waals surface area contributed by atoms with E-state index in [-0.39, 0.29) is 23.8 Å². The second-order valence-corrected chi connectivity index (χ2v) is 12.0. The summed E-state index contributed by atoms with van der Waals surface area (Å²) in [4.78, 5) is 29.4. The number of methoxy groups -OCH3 is 1. The van der Waals surface area contributed by atoms with E-state index in [9.17, 15) is 18.0 Å². The van der Waals surface area contributed by atoms with Crippen LogP contribution in [0.4, 0.5) is 5.69 Å². The van der Waals surface area contributed by atoms with Crippen LogP contribution in [0.3, 0.4) is 0 Å². The quantitative estimate of drug-likeness (QED) is 0.234. The molecule has 0 spiro atoms. The van der Waals surface area contributed by atoms with Gasteiger partial charge in [0.1, 0.15) is 18.3 Å². The first-order valence-corrected chi connectivity index (χ1v) is 15.6.